The van der Waals surface area contributed by atoms with Gasteiger partial charge in [-0.1, -0.05) is 30.0 Å². The molecule has 0 saturated heterocycles. The van der Waals surface area contributed by atoms with Crippen LogP contribution in [-0.2, 0) is 0 Å². The third kappa shape index (κ3) is 2.41. The maximum Gasteiger partial charge on any atom is 0.104 e. The van der Waals surface area contributed by atoms with Gasteiger partial charge in [0.15, 0.2) is 0 Å². The van der Waals surface area contributed by atoms with Gasteiger partial charge in [0.25, 0.3) is 0 Å². The maximum absolute atomic E-state index is 8.75. The standard InChI is InChI=1S/C13H10N2S/c1-10-7-11(8-14)9-15-13(10)16-12-5-3-2-4-6-12/h2-7,9H,1H3. The number of rotatable bonds is 2. The summed E-state index contributed by atoms with van der Waals surface area (Å²) in [6, 6.07) is 14.0. The zero-order valence-corrected chi connectivity index (χ0v) is 9.66. The van der Waals surface area contributed by atoms with Crippen LogP contribution in [0.25, 0.3) is 0 Å². The van der Waals surface area contributed by atoms with E-state index in [2.05, 4.69) is 11.1 Å². The maximum atomic E-state index is 8.75. The molecule has 78 valence electrons. The Balaban J connectivity index is 2.27. The molecule has 2 aromatic rings. The quantitative estimate of drug-likeness (QED) is 0.787. The normalized spacial score (nSPS) is 9.75. The Kier molecular flexibility index (Phi) is 3.23. The summed E-state index contributed by atoms with van der Waals surface area (Å²) in [7, 11) is 0. The van der Waals surface area contributed by atoms with Crippen LogP contribution in [0.4, 0.5) is 0 Å². The average molecular weight is 226 g/mol. The van der Waals surface area contributed by atoms with E-state index in [4.69, 9.17) is 5.26 Å². The van der Waals surface area contributed by atoms with E-state index >= 15 is 0 Å². The molecule has 0 amide bonds. The molecule has 0 radical (unpaired) electrons. The molecule has 0 bridgehead atoms. The minimum absolute atomic E-state index is 0.606. The monoisotopic (exact) mass is 226 g/mol. The van der Waals surface area contributed by atoms with Gasteiger partial charge in [-0.25, -0.2) is 4.98 Å². The summed E-state index contributed by atoms with van der Waals surface area (Å²) in [6.45, 7) is 1.97. The molecule has 0 aliphatic carbocycles. The lowest BCUT2D eigenvalue weighted by Gasteiger charge is -2.04. The molecular formula is C13H10N2S. The molecule has 0 atom stereocenters. The second-order valence-corrected chi connectivity index (χ2v) is 4.44. The first kappa shape index (κ1) is 10.7. The summed E-state index contributed by atoms with van der Waals surface area (Å²) in [4.78, 5) is 5.44. The SMILES string of the molecule is Cc1cc(C#N)cnc1Sc1ccccc1. The summed E-state index contributed by atoms with van der Waals surface area (Å²) in [5.74, 6) is 0. The second kappa shape index (κ2) is 4.82. The Morgan fingerprint density at radius 3 is 2.62 bits per heavy atom. The van der Waals surface area contributed by atoms with Crippen molar-refractivity contribution in [3.8, 4) is 6.07 Å². The van der Waals surface area contributed by atoms with Gasteiger partial charge >= 0.3 is 0 Å². The number of benzene rings is 1. The van der Waals surface area contributed by atoms with Crippen LogP contribution in [0.5, 0.6) is 0 Å². The molecule has 0 unspecified atom stereocenters. The van der Waals surface area contributed by atoms with Gasteiger partial charge in [-0.3, -0.25) is 0 Å². The van der Waals surface area contributed by atoms with Crippen LogP contribution in [-0.4, -0.2) is 4.98 Å². The second-order valence-electron chi connectivity index (χ2n) is 3.37. The molecule has 1 aromatic heterocycles. The van der Waals surface area contributed by atoms with Crippen molar-refractivity contribution in [2.24, 2.45) is 0 Å². The number of nitriles is 1. The first-order valence-corrected chi connectivity index (χ1v) is 5.71. The minimum Gasteiger partial charge on any atom is -0.248 e. The zero-order valence-electron chi connectivity index (χ0n) is 8.84. The lowest BCUT2D eigenvalue weighted by Crippen LogP contribution is -1.87. The van der Waals surface area contributed by atoms with E-state index in [-0.39, 0.29) is 0 Å². The van der Waals surface area contributed by atoms with Crippen LogP contribution in [0.2, 0.25) is 0 Å². The molecule has 0 saturated carbocycles. The van der Waals surface area contributed by atoms with Crippen LogP contribution < -0.4 is 0 Å². The predicted octanol–water partition coefficient (Wildman–Crippen LogP) is 3.41. The summed E-state index contributed by atoms with van der Waals surface area (Å²) in [5.41, 5.74) is 1.64. The summed E-state index contributed by atoms with van der Waals surface area (Å²) in [6.07, 6.45) is 1.61. The van der Waals surface area contributed by atoms with Gasteiger partial charge in [0.05, 0.1) is 5.56 Å². The summed E-state index contributed by atoms with van der Waals surface area (Å²) >= 11 is 1.61. The molecule has 0 spiro atoms. The first-order valence-electron chi connectivity index (χ1n) is 4.89. The van der Waals surface area contributed by atoms with E-state index in [1.54, 1.807) is 18.0 Å². The molecule has 0 aliphatic heterocycles. The fourth-order valence-corrected chi connectivity index (χ4v) is 2.17. The third-order valence-corrected chi connectivity index (χ3v) is 3.25. The van der Waals surface area contributed by atoms with Crippen molar-refractivity contribution in [2.75, 3.05) is 0 Å². The van der Waals surface area contributed by atoms with Crippen molar-refractivity contribution in [3.63, 3.8) is 0 Å². The molecule has 2 rings (SSSR count). The van der Waals surface area contributed by atoms with Crippen molar-refractivity contribution in [1.82, 2.24) is 4.98 Å². The van der Waals surface area contributed by atoms with E-state index in [0.717, 1.165) is 15.5 Å². The summed E-state index contributed by atoms with van der Waals surface area (Å²) < 4.78 is 0. The van der Waals surface area contributed by atoms with Gasteiger partial charge in [-0.05, 0) is 30.7 Å². The fraction of sp³-hybridized carbons (Fsp3) is 0.0769. The topological polar surface area (TPSA) is 36.7 Å². The van der Waals surface area contributed by atoms with E-state index in [1.807, 2.05) is 43.3 Å². The molecule has 1 heterocycles. The van der Waals surface area contributed by atoms with Crippen LogP contribution in [0, 0.1) is 18.3 Å². The van der Waals surface area contributed by atoms with Gasteiger partial charge in [0.2, 0.25) is 0 Å². The molecular weight excluding hydrogens is 216 g/mol. The number of nitrogens with zero attached hydrogens (tertiary/aromatic N) is 2. The van der Waals surface area contributed by atoms with E-state index in [1.165, 1.54) is 0 Å². The molecule has 0 N–H and O–H groups in total. The number of pyridine rings is 1. The van der Waals surface area contributed by atoms with Crippen molar-refractivity contribution in [2.45, 2.75) is 16.8 Å². The highest BCUT2D eigenvalue weighted by atomic mass is 32.2. The highest BCUT2D eigenvalue weighted by Gasteiger charge is 2.03. The van der Waals surface area contributed by atoms with Gasteiger partial charge in [0.1, 0.15) is 11.1 Å². The van der Waals surface area contributed by atoms with Crippen molar-refractivity contribution in [1.29, 1.82) is 5.26 Å². The lowest BCUT2D eigenvalue weighted by atomic mass is 10.2. The van der Waals surface area contributed by atoms with Gasteiger partial charge in [-0.2, -0.15) is 5.26 Å². The smallest absolute Gasteiger partial charge is 0.104 e. The molecule has 16 heavy (non-hydrogen) atoms. The van der Waals surface area contributed by atoms with Gasteiger partial charge < -0.3 is 0 Å². The molecule has 0 fully saturated rings. The van der Waals surface area contributed by atoms with E-state index in [9.17, 15) is 0 Å². The Bertz CT molecular complexity index is 529. The van der Waals surface area contributed by atoms with E-state index < -0.39 is 0 Å². The zero-order chi connectivity index (χ0) is 11.4. The Hall–Kier alpha value is -1.79. The van der Waals surface area contributed by atoms with Crippen molar-refractivity contribution < 1.29 is 0 Å². The lowest BCUT2D eigenvalue weighted by molar-refractivity contribution is 1.07. The summed E-state index contributed by atoms with van der Waals surface area (Å²) in [5, 5.41) is 9.70. The largest absolute Gasteiger partial charge is 0.248 e. The Labute approximate surface area is 99.0 Å². The van der Waals surface area contributed by atoms with Gasteiger partial charge in [-0.15, -0.1) is 0 Å². The Morgan fingerprint density at radius 2 is 2.00 bits per heavy atom. The predicted molar refractivity (Wildman–Crippen MR) is 64.3 cm³/mol. The van der Waals surface area contributed by atoms with Crippen LogP contribution in [0.1, 0.15) is 11.1 Å². The highest BCUT2D eigenvalue weighted by molar-refractivity contribution is 7.99. The first-order chi connectivity index (χ1) is 7.79. The molecule has 0 aliphatic rings. The third-order valence-electron chi connectivity index (χ3n) is 2.12. The minimum atomic E-state index is 0.606. The number of hydrogen-bond donors (Lipinski definition) is 0. The van der Waals surface area contributed by atoms with Crippen LogP contribution in [0.15, 0.2) is 52.5 Å². The number of hydrogen-bond acceptors (Lipinski definition) is 3. The van der Waals surface area contributed by atoms with Crippen LogP contribution >= 0.6 is 11.8 Å². The number of aryl methyl sites for hydroxylation is 1. The van der Waals surface area contributed by atoms with E-state index in [0.29, 0.717) is 5.56 Å². The van der Waals surface area contributed by atoms with Crippen molar-refractivity contribution >= 4 is 11.8 Å². The number of aromatic nitrogens is 1. The molecule has 2 nitrogen and oxygen atoms in total. The Morgan fingerprint density at radius 1 is 1.25 bits per heavy atom. The highest BCUT2D eigenvalue weighted by Crippen LogP contribution is 2.28. The molecule has 1 aromatic carbocycles. The van der Waals surface area contributed by atoms with Gasteiger partial charge in [0, 0.05) is 11.1 Å². The average Bonchev–Trinajstić information content (AvgIpc) is 2.33. The van der Waals surface area contributed by atoms with Crippen molar-refractivity contribution in [3.05, 3.63) is 53.7 Å². The molecule has 3 heteroatoms. The fourth-order valence-electron chi connectivity index (χ4n) is 1.33. The van der Waals surface area contributed by atoms with Crippen LogP contribution in [0.3, 0.4) is 0 Å².